The van der Waals surface area contributed by atoms with Crippen LogP contribution in [0.3, 0.4) is 0 Å². The lowest BCUT2D eigenvalue weighted by Crippen LogP contribution is -2.49. The number of halogens is 2. The van der Waals surface area contributed by atoms with Crippen LogP contribution in [0.5, 0.6) is 0 Å². The first-order valence-corrected chi connectivity index (χ1v) is 11.0. The fourth-order valence-electron chi connectivity index (χ4n) is 4.10. The Labute approximate surface area is 189 Å². The number of rotatable bonds is 6. The number of benzene rings is 1. The molecule has 150 valence electrons. The van der Waals surface area contributed by atoms with Gasteiger partial charge in [0.1, 0.15) is 0 Å². The van der Waals surface area contributed by atoms with E-state index in [2.05, 4.69) is 62.7 Å². The smallest absolute Gasteiger partial charge is 0.191 e. The monoisotopic (exact) mass is 546 g/mol. The highest BCUT2D eigenvalue weighted by atomic mass is 127. The maximum Gasteiger partial charge on any atom is 0.191 e. The van der Waals surface area contributed by atoms with E-state index in [1.807, 2.05) is 0 Å². The van der Waals surface area contributed by atoms with Gasteiger partial charge in [-0.15, -0.1) is 24.0 Å². The number of likely N-dealkylation sites (tertiary alicyclic amines) is 1. The maximum absolute atomic E-state index is 4.98. The Morgan fingerprint density at radius 3 is 2.56 bits per heavy atom. The molecule has 2 saturated carbocycles. The molecule has 27 heavy (non-hydrogen) atoms. The molecule has 0 amide bonds. The van der Waals surface area contributed by atoms with Crippen molar-refractivity contribution in [1.29, 1.82) is 0 Å². The molecule has 1 aliphatic heterocycles. The lowest BCUT2D eigenvalue weighted by Gasteiger charge is -2.33. The van der Waals surface area contributed by atoms with Gasteiger partial charge in [-0.2, -0.15) is 0 Å². The van der Waals surface area contributed by atoms with Crippen LogP contribution in [0.2, 0.25) is 0 Å². The fourth-order valence-corrected chi connectivity index (χ4v) is 4.50. The zero-order chi connectivity index (χ0) is 18.0. The zero-order valence-electron chi connectivity index (χ0n) is 16.2. The zero-order valence-corrected chi connectivity index (χ0v) is 20.1. The predicted molar refractivity (Wildman–Crippen MR) is 127 cm³/mol. The van der Waals surface area contributed by atoms with Crippen LogP contribution < -0.4 is 10.6 Å². The minimum absolute atomic E-state index is 0. The molecule has 0 unspecified atom stereocenters. The molecule has 1 aromatic carbocycles. The SMILES string of the molecule is CCNC(=NCC1(c2cccc(Br)c2)CC1)NC1CCN(C2CC2)CC1.I. The minimum Gasteiger partial charge on any atom is -0.357 e. The molecule has 0 bridgehead atoms. The van der Waals surface area contributed by atoms with Crippen molar-refractivity contribution in [3.05, 3.63) is 34.3 Å². The number of piperidine rings is 1. The Morgan fingerprint density at radius 1 is 1.22 bits per heavy atom. The van der Waals surface area contributed by atoms with E-state index in [0.29, 0.717) is 6.04 Å². The second kappa shape index (κ2) is 9.44. The normalized spacial score (nSPS) is 22.8. The van der Waals surface area contributed by atoms with E-state index in [-0.39, 0.29) is 29.4 Å². The van der Waals surface area contributed by atoms with Crippen LogP contribution in [-0.4, -0.2) is 49.1 Å². The number of nitrogens with zero attached hydrogens (tertiary/aromatic N) is 2. The fraction of sp³-hybridized carbons (Fsp3) is 0.667. The Morgan fingerprint density at radius 2 is 1.96 bits per heavy atom. The Kier molecular flexibility index (Phi) is 7.47. The summed E-state index contributed by atoms with van der Waals surface area (Å²) in [4.78, 5) is 7.66. The van der Waals surface area contributed by atoms with Crippen molar-refractivity contribution in [3.8, 4) is 0 Å². The van der Waals surface area contributed by atoms with Crippen LogP contribution in [0.15, 0.2) is 33.7 Å². The summed E-state index contributed by atoms with van der Waals surface area (Å²) in [5.41, 5.74) is 1.67. The van der Waals surface area contributed by atoms with E-state index in [9.17, 15) is 0 Å². The summed E-state index contributed by atoms with van der Waals surface area (Å²) in [7, 11) is 0. The molecule has 2 aliphatic carbocycles. The van der Waals surface area contributed by atoms with Gasteiger partial charge in [-0.1, -0.05) is 28.1 Å². The van der Waals surface area contributed by atoms with Crippen LogP contribution in [0, 0.1) is 0 Å². The minimum atomic E-state index is 0. The van der Waals surface area contributed by atoms with Gasteiger partial charge in [0.05, 0.1) is 6.54 Å². The summed E-state index contributed by atoms with van der Waals surface area (Å²) < 4.78 is 1.16. The standard InChI is InChI=1S/C21H31BrN4.HI/c1-2-23-20(25-18-8-12-26(13-9-18)19-6-7-19)24-15-21(10-11-21)16-4-3-5-17(22)14-16;/h3-5,14,18-19H,2,6-13,15H2,1H3,(H2,23,24,25);1H. The van der Waals surface area contributed by atoms with E-state index >= 15 is 0 Å². The molecule has 3 aliphatic rings. The van der Waals surface area contributed by atoms with Crippen molar-refractivity contribution < 1.29 is 0 Å². The van der Waals surface area contributed by atoms with Gasteiger partial charge in [-0.25, -0.2) is 0 Å². The van der Waals surface area contributed by atoms with E-state index in [1.54, 1.807) is 0 Å². The van der Waals surface area contributed by atoms with Gasteiger partial charge in [0.2, 0.25) is 0 Å². The topological polar surface area (TPSA) is 39.7 Å². The third-order valence-corrected chi connectivity index (χ3v) is 6.60. The lowest BCUT2D eigenvalue weighted by atomic mass is 9.96. The summed E-state index contributed by atoms with van der Waals surface area (Å²) in [6.45, 7) is 6.41. The summed E-state index contributed by atoms with van der Waals surface area (Å²) in [6.07, 6.45) is 7.79. The van der Waals surface area contributed by atoms with Gasteiger partial charge in [-0.05, 0) is 63.1 Å². The first-order valence-electron chi connectivity index (χ1n) is 10.2. The van der Waals surface area contributed by atoms with Crippen LogP contribution in [-0.2, 0) is 5.41 Å². The number of hydrogen-bond donors (Lipinski definition) is 2. The van der Waals surface area contributed by atoms with Crippen LogP contribution in [0.4, 0.5) is 0 Å². The summed E-state index contributed by atoms with van der Waals surface area (Å²) in [5.74, 6) is 0.999. The summed E-state index contributed by atoms with van der Waals surface area (Å²) >= 11 is 3.61. The Balaban J connectivity index is 0.00000210. The molecule has 4 nitrogen and oxygen atoms in total. The Hall–Kier alpha value is -0.340. The number of nitrogens with one attached hydrogen (secondary N) is 2. The quantitative estimate of drug-likeness (QED) is 0.318. The molecule has 4 rings (SSSR count). The van der Waals surface area contributed by atoms with Crippen molar-refractivity contribution in [1.82, 2.24) is 15.5 Å². The van der Waals surface area contributed by atoms with Crippen LogP contribution in [0.1, 0.15) is 51.0 Å². The highest BCUT2D eigenvalue weighted by molar-refractivity contribution is 14.0. The molecule has 1 saturated heterocycles. The molecule has 0 atom stereocenters. The largest absolute Gasteiger partial charge is 0.357 e. The predicted octanol–water partition coefficient (Wildman–Crippen LogP) is 4.28. The van der Waals surface area contributed by atoms with E-state index < -0.39 is 0 Å². The third-order valence-electron chi connectivity index (χ3n) is 6.11. The molecule has 2 N–H and O–H groups in total. The van der Waals surface area contributed by atoms with Crippen LogP contribution >= 0.6 is 39.9 Å². The average Bonchev–Trinajstić information content (AvgIpc) is 3.55. The molecule has 0 aromatic heterocycles. The molecular weight excluding hydrogens is 515 g/mol. The van der Waals surface area contributed by atoms with E-state index in [0.717, 1.165) is 29.6 Å². The molecule has 0 radical (unpaired) electrons. The molecule has 1 heterocycles. The first-order chi connectivity index (χ1) is 12.7. The van der Waals surface area contributed by atoms with Crippen molar-refractivity contribution in [3.63, 3.8) is 0 Å². The van der Waals surface area contributed by atoms with Crippen molar-refractivity contribution in [2.45, 2.75) is 62.9 Å². The van der Waals surface area contributed by atoms with E-state index in [1.165, 1.54) is 57.2 Å². The maximum atomic E-state index is 4.98. The molecule has 3 fully saturated rings. The Bertz CT molecular complexity index is 649. The molecular formula is C21H32BrIN4. The van der Waals surface area contributed by atoms with Gasteiger partial charge >= 0.3 is 0 Å². The van der Waals surface area contributed by atoms with Crippen LogP contribution in [0.25, 0.3) is 0 Å². The second-order valence-electron chi connectivity index (χ2n) is 8.17. The molecule has 0 spiro atoms. The van der Waals surface area contributed by atoms with Crippen molar-refractivity contribution >= 4 is 45.9 Å². The lowest BCUT2D eigenvalue weighted by molar-refractivity contribution is 0.197. The van der Waals surface area contributed by atoms with E-state index in [4.69, 9.17) is 4.99 Å². The van der Waals surface area contributed by atoms with Gasteiger partial charge in [-0.3, -0.25) is 4.99 Å². The first kappa shape index (κ1) is 21.4. The number of aliphatic imine (C=N–C) groups is 1. The second-order valence-corrected chi connectivity index (χ2v) is 9.09. The molecule has 1 aromatic rings. The van der Waals surface area contributed by atoms with Crippen molar-refractivity contribution in [2.24, 2.45) is 4.99 Å². The highest BCUT2D eigenvalue weighted by Gasteiger charge is 2.44. The van der Waals surface area contributed by atoms with Crippen molar-refractivity contribution in [2.75, 3.05) is 26.2 Å². The molecule has 6 heteroatoms. The van der Waals surface area contributed by atoms with Gasteiger partial charge < -0.3 is 15.5 Å². The number of hydrogen-bond acceptors (Lipinski definition) is 2. The van der Waals surface area contributed by atoms with Gasteiger partial charge in [0, 0.05) is 41.6 Å². The highest BCUT2D eigenvalue weighted by Crippen LogP contribution is 2.48. The average molecular weight is 547 g/mol. The van der Waals surface area contributed by atoms with Gasteiger partial charge in [0.15, 0.2) is 5.96 Å². The number of guanidine groups is 1. The van der Waals surface area contributed by atoms with Gasteiger partial charge in [0.25, 0.3) is 0 Å². The summed E-state index contributed by atoms with van der Waals surface area (Å²) in [5, 5.41) is 7.16. The third kappa shape index (κ3) is 5.60. The summed E-state index contributed by atoms with van der Waals surface area (Å²) in [6, 6.07) is 10.2.